The van der Waals surface area contributed by atoms with Gasteiger partial charge in [-0.25, -0.2) is 14.4 Å². The fourth-order valence-corrected chi connectivity index (χ4v) is 2.65. The molecule has 0 amide bonds. The summed E-state index contributed by atoms with van der Waals surface area (Å²) in [6, 6.07) is 14.3. The summed E-state index contributed by atoms with van der Waals surface area (Å²) >= 11 is 0. The van der Waals surface area contributed by atoms with Gasteiger partial charge in [-0.3, -0.25) is 9.55 Å². The molecule has 0 aliphatic heterocycles. The zero-order chi connectivity index (χ0) is 15.6. The van der Waals surface area contributed by atoms with Crippen LogP contribution in [-0.4, -0.2) is 19.5 Å². The molecule has 0 unspecified atom stereocenters. The summed E-state index contributed by atoms with van der Waals surface area (Å²) in [6.45, 7) is 0. The minimum absolute atomic E-state index is 0.228. The zero-order valence-electron chi connectivity index (χ0n) is 12.2. The Bertz CT molecular complexity index is 963. The van der Waals surface area contributed by atoms with Crippen molar-refractivity contribution >= 4 is 11.2 Å². The van der Waals surface area contributed by atoms with Gasteiger partial charge in [0.15, 0.2) is 5.65 Å². The molecule has 0 spiro atoms. The van der Waals surface area contributed by atoms with E-state index < -0.39 is 0 Å². The number of fused-ring (bicyclic) bond motifs is 1. The van der Waals surface area contributed by atoms with Crippen molar-refractivity contribution in [1.29, 1.82) is 0 Å². The van der Waals surface area contributed by atoms with Crippen LogP contribution >= 0.6 is 0 Å². The van der Waals surface area contributed by atoms with Crippen molar-refractivity contribution in [2.75, 3.05) is 0 Å². The molecule has 3 aromatic heterocycles. The Morgan fingerprint density at radius 3 is 2.57 bits per heavy atom. The molecule has 0 atom stereocenters. The number of imidazole rings is 1. The fourth-order valence-electron chi connectivity index (χ4n) is 2.65. The van der Waals surface area contributed by atoms with Gasteiger partial charge in [0.2, 0.25) is 0 Å². The molecule has 4 aromatic rings. The second-order valence-corrected chi connectivity index (χ2v) is 5.18. The third-order valence-corrected chi connectivity index (χ3v) is 3.71. The van der Waals surface area contributed by atoms with Crippen molar-refractivity contribution in [3.05, 3.63) is 84.3 Å². The van der Waals surface area contributed by atoms with Gasteiger partial charge >= 0.3 is 0 Å². The normalized spacial score (nSPS) is 11.0. The zero-order valence-corrected chi connectivity index (χ0v) is 12.2. The van der Waals surface area contributed by atoms with Crippen LogP contribution in [0, 0.1) is 5.82 Å². The van der Waals surface area contributed by atoms with E-state index in [-0.39, 0.29) is 5.82 Å². The minimum Gasteiger partial charge on any atom is -0.280 e. The van der Waals surface area contributed by atoms with E-state index in [1.807, 2.05) is 34.9 Å². The van der Waals surface area contributed by atoms with Gasteiger partial charge in [0, 0.05) is 25.0 Å². The lowest BCUT2D eigenvalue weighted by molar-refractivity contribution is 0.611. The molecule has 5 heteroatoms. The first-order valence-electron chi connectivity index (χ1n) is 7.29. The van der Waals surface area contributed by atoms with Crippen molar-refractivity contribution < 1.29 is 4.39 Å². The van der Waals surface area contributed by atoms with E-state index in [1.54, 1.807) is 30.7 Å². The molecular weight excluding hydrogens is 291 g/mol. The van der Waals surface area contributed by atoms with Crippen molar-refractivity contribution in [3.8, 4) is 5.69 Å². The largest absolute Gasteiger partial charge is 0.280 e. The first-order valence-corrected chi connectivity index (χ1v) is 7.29. The maximum Gasteiger partial charge on any atom is 0.164 e. The van der Waals surface area contributed by atoms with Gasteiger partial charge in [-0.1, -0.05) is 18.2 Å². The second kappa shape index (κ2) is 5.61. The topological polar surface area (TPSA) is 43.6 Å². The summed E-state index contributed by atoms with van der Waals surface area (Å²) in [5, 5.41) is 0. The van der Waals surface area contributed by atoms with Crippen LogP contribution in [0.15, 0.2) is 67.1 Å². The summed E-state index contributed by atoms with van der Waals surface area (Å²) in [4.78, 5) is 13.1. The predicted molar refractivity (Wildman–Crippen MR) is 85.9 cm³/mol. The number of aromatic nitrogens is 4. The van der Waals surface area contributed by atoms with E-state index in [9.17, 15) is 4.39 Å². The third-order valence-electron chi connectivity index (χ3n) is 3.71. The minimum atomic E-state index is -0.228. The lowest BCUT2D eigenvalue weighted by Gasteiger charge is -2.09. The van der Waals surface area contributed by atoms with Gasteiger partial charge in [0.05, 0.1) is 5.69 Å². The monoisotopic (exact) mass is 304 g/mol. The first-order chi connectivity index (χ1) is 11.3. The van der Waals surface area contributed by atoms with E-state index in [2.05, 4.69) is 15.0 Å². The van der Waals surface area contributed by atoms with Crippen LogP contribution < -0.4 is 0 Å². The average Bonchev–Trinajstić information content (AvgIpc) is 2.95. The summed E-state index contributed by atoms with van der Waals surface area (Å²) in [5.41, 5.74) is 3.06. The highest BCUT2D eigenvalue weighted by Gasteiger charge is 2.15. The van der Waals surface area contributed by atoms with Crippen molar-refractivity contribution in [1.82, 2.24) is 19.5 Å². The van der Waals surface area contributed by atoms with Gasteiger partial charge in [-0.2, -0.15) is 0 Å². The van der Waals surface area contributed by atoms with Gasteiger partial charge in [0.1, 0.15) is 17.2 Å². The number of nitrogens with zero attached hydrogens (tertiary/aromatic N) is 4. The second-order valence-electron chi connectivity index (χ2n) is 5.18. The summed E-state index contributed by atoms with van der Waals surface area (Å²) in [7, 11) is 0. The number of rotatable bonds is 3. The highest BCUT2D eigenvalue weighted by molar-refractivity contribution is 5.73. The Hall–Kier alpha value is -3.08. The third kappa shape index (κ3) is 2.46. The number of hydrogen-bond acceptors (Lipinski definition) is 3. The molecule has 112 valence electrons. The van der Waals surface area contributed by atoms with Gasteiger partial charge < -0.3 is 0 Å². The van der Waals surface area contributed by atoms with Gasteiger partial charge in [-0.15, -0.1) is 0 Å². The van der Waals surface area contributed by atoms with Crippen LogP contribution in [0.2, 0.25) is 0 Å². The molecule has 23 heavy (non-hydrogen) atoms. The van der Waals surface area contributed by atoms with E-state index >= 15 is 0 Å². The Balaban J connectivity index is 1.91. The average molecular weight is 304 g/mol. The number of pyridine rings is 2. The maximum atomic E-state index is 14.0. The molecule has 4 nitrogen and oxygen atoms in total. The molecule has 1 aromatic carbocycles. The quantitative estimate of drug-likeness (QED) is 0.581. The lowest BCUT2D eigenvalue weighted by atomic mass is 10.1. The van der Waals surface area contributed by atoms with E-state index in [4.69, 9.17) is 0 Å². The van der Waals surface area contributed by atoms with Crippen molar-refractivity contribution in [3.63, 3.8) is 0 Å². The fraction of sp³-hybridized carbons (Fsp3) is 0.0556. The van der Waals surface area contributed by atoms with E-state index in [0.717, 1.165) is 22.7 Å². The van der Waals surface area contributed by atoms with Crippen LogP contribution in [0.4, 0.5) is 4.39 Å². The van der Waals surface area contributed by atoms with Gasteiger partial charge in [-0.05, 0) is 35.9 Å². The standard InChI is InChI=1S/C18H13FN4/c19-15-5-2-1-4-13(15)12-17-22-16-6-3-9-21-18(16)23(17)14-7-10-20-11-8-14/h1-11H,12H2. The highest BCUT2D eigenvalue weighted by Crippen LogP contribution is 2.22. The number of halogens is 1. The van der Waals surface area contributed by atoms with Crippen LogP contribution in [-0.2, 0) is 6.42 Å². The van der Waals surface area contributed by atoms with E-state index in [1.165, 1.54) is 6.07 Å². The Morgan fingerprint density at radius 1 is 0.913 bits per heavy atom. The van der Waals surface area contributed by atoms with Crippen molar-refractivity contribution in [2.45, 2.75) is 6.42 Å². The Labute approximate surface area is 132 Å². The molecule has 0 fully saturated rings. The highest BCUT2D eigenvalue weighted by atomic mass is 19.1. The summed E-state index contributed by atoms with van der Waals surface area (Å²) in [6.07, 6.45) is 5.56. The molecule has 4 rings (SSSR count). The molecule has 0 saturated heterocycles. The van der Waals surface area contributed by atoms with Crippen molar-refractivity contribution in [2.24, 2.45) is 0 Å². The molecule has 0 N–H and O–H groups in total. The number of benzene rings is 1. The predicted octanol–water partition coefficient (Wildman–Crippen LogP) is 3.55. The molecule has 0 saturated carbocycles. The number of hydrogen-bond donors (Lipinski definition) is 0. The lowest BCUT2D eigenvalue weighted by Crippen LogP contribution is -2.04. The van der Waals surface area contributed by atoms with Gasteiger partial charge in [0.25, 0.3) is 0 Å². The molecular formula is C18H13FN4. The van der Waals surface area contributed by atoms with Crippen LogP contribution in [0.1, 0.15) is 11.4 Å². The Morgan fingerprint density at radius 2 is 1.74 bits per heavy atom. The smallest absolute Gasteiger partial charge is 0.164 e. The molecule has 0 aliphatic carbocycles. The van der Waals surface area contributed by atoms with Crippen LogP contribution in [0.5, 0.6) is 0 Å². The Kier molecular flexibility index (Phi) is 3.31. The molecule has 0 radical (unpaired) electrons. The first kappa shape index (κ1) is 13.6. The molecule has 3 heterocycles. The molecule has 0 aliphatic rings. The van der Waals surface area contributed by atoms with Crippen LogP contribution in [0.3, 0.4) is 0 Å². The summed E-state index contributed by atoms with van der Waals surface area (Å²) in [5.74, 6) is 0.517. The summed E-state index contributed by atoms with van der Waals surface area (Å²) < 4.78 is 16.0. The van der Waals surface area contributed by atoms with E-state index in [0.29, 0.717) is 12.0 Å². The SMILES string of the molecule is Fc1ccccc1Cc1nc2cccnc2n1-c1ccncc1. The van der Waals surface area contributed by atoms with Crippen LogP contribution in [0.25, 0.3) is 16.9 Å². The maximum absolute atomic E-state index is 14.0. The molecule has 0 bridgehead atoms.